The lowest BCUT2D eigenvalue weighted by Gasteiger charge is -2.23. The molecule has 2 aromatic carbocycles. The van der Waals surface area contributed by atoms with Crippen LogP contribution in [0, 0.1) is 12.7 Å². The third-order valence-electron chi connectivity index (χ3n) is 4.22. The van der Waals surface area contributed by atoms with Crippen molar-refractivity contribution in [3.63, 3.8) is 0 Å². The average Bonchev–Trinajstić information content (AvgIpc) is 2.66. The number of benzene rings is 2. The van der Waals surface area contributed by atoms with Gasteiger partial charge in [0.1, 0.15) is 4.90 Å². The molecule has 0 bridgehead atoms. The fourth-order valence-corrected chi connectivity index (χ4v) is 4.44. The zero-order chi connectivity index (χ0) is 19.4. The SMILES string of the molecule is Cc1ccccc1CN(Cc1cccnc1)S(=O)(=O)c1cccc(Cl)c1F. The minimum Gasteiger partial charge on any atom is -0.264 e. The van der Waals surface area contributed by atoms with Crippen molar-refractivity contribution in [3.05, 3.63) is 94.5 Å². The highest BCUT2D eigenvalue weighted by Gasteiger charge is 2.29. The minimum atomic E-state index is -4.12. The molecule has 0 atom stereocenters. The maximum absolute atomic E-state index is 14.5. The average molecular weight is 405 g/mol. The predicted octanol–water partition coefficient (Wildman–Crippen LogP) is 4.57. The molecule has 140 valence electrons. The fourth-order valence-electron chi connectivity index (χ4n) is 2.72. The summed E-state index contributed by atoms with van der Waals surface area (Å²) < 4.78 is 42.2. The number of aromatic nitrogens is 1. The first-order valence-electron chi connectivity index (χ1n) is 8.27. The molecular formula is C20H18ClFN2O2S. The monoisotopic (exact) mass is 404 g/mol. The van der Waals surface area contributed by atoms with Crippen molar-refractivity contribution in [2.24, 2.45) is 0 Å². The van der Waals surface area contributed by atoms with Crippen LogP contribution in [-0.4, -0.2) is 17.7 Å². The molecule has 0 saturated carbocycles. The van der Waals surface area contributed by atoms with Gasteiger partial charge < -0.3 is 0 Å². The largest absolute Gasteiger partial charge is 0.264 e. The van der Waals surface area contributed by atoms with E-state index in [2.05, 4.69) is 4.98 Å². The summed E-state index contributed by atoms with van der Waals surface area (Å²) in [7, 11) is -4.12. The molecule has 0 fully saturated rings. The molecule has 0 unspecified atom stereocenters. The molecule has 7 heteroatoms. The number of pyridine rings is 1. The number of halogens is 2. The molecule has 1 aromatic heterocycles. The lowest BCUT2D eigenvalue weighted by molar-refractivity contribution is 0.396. The topological polar surface area (TPSA) is 50.3 Å². The third kappa shape index (κ3) is 4.35. The van der Waals surface area contributed by atoms with E-state index in [0.29, 0.717) is 5.56 Å². The van der Waals surface area contributed by atoms with Crippen LogP contribution >= 0.6 is 11.6 Å². The van der Waals surface area contributed by atoms with Crippen molar-refractivity contribution in [2.45, 2.75) is 24.9 Å². The van der Waals surface area contributed by atoms with Crippen LogP contribution in [0.1, 0.15) is 16.7 Å². The van der Waals surface area contributed by atoms with Crippen LogP contribution in [0.15, 0.2) is 71.9 Å². The van der Waals surface area contributed by atoms with Crippen molar-refractivity contribution in [2.75, 3.05) is 0 Å². The van der Waals surface area contributed by atoms with Crippen LogP contribution in [0.2, 0.25) is 5.02 Å². The van der Waals surface area contributed by atoms with Gasteiger partial charge in [-0.3, -0.25) is 4.98 Å². The molecule has 27 heavy (non-hydrogen) atoms. The second-order valence-electron chi connectivity index (χ2n) is 6.11. The molecular weight excluding hydrogens is 387 g/mol. The van der Waals surface area contributed by atoms with Gasteiger partial charge in [-0.1, -0.05) is 48.0 Å². The number of hydrogen-bond donors (Lipinski definition) is 0. The van der Waals surface area contributed by atoms with Gasteiger partial charge in [0.2, 0.25) is 10.0 Å². The molecule has 3 aromatic rings. The van der Waals surface area contributed by atoms with E-state index in [-0.39, 0.29) is 18.1 Å². The summed E-state index contributed by atoms with van der Waals surface area (Å²) in [6, 6.07) is 15.0. The van der Waals surface area contributed by atoms with Crippen LogP contribution in [0.5, 0.6) is 0 Å². The maximum atomic E-state index is 14.5. The quantitative estimate of drug-likeness (QED) is 0.604. The van der Waals surface area contributed by atoms with Gasteiger partial charge in [0, 0.05) is 25.5 Å². The molecule has 0 radical (unpaired) electrons. The molecule has 1 heterocycles. The summed E-state index contributed by atoms with van der Waals surface area (Å²) in [6.07, 6.45) is 3.20. The van der Waals surface area contributed by atoms with Crippen LogP contribution < -0.4 is 0 Å². The van der Waals surface area contributed by atoms with E-state index in [1.54, 1.807) is 24.5 Å². The number of nitrogens with zero attached hydrogens (tertiary/aromatic N) is 2. The van der Waals surface area contributed by atoms with Gasteiger partial charge in [-0.05, 0) is 41.8 Å². The first kappa shape index (κ1) is 19.5. The van der Waals surface area contributed by atoms with Gasteiger partial charge in [-0.2, -0.15) is 4.31 Å². The third-order valence-corrected chi connectivity index (χ3v) is 6.32. The Hall–Kier alpha value is -2.28. The van der Waals surface area contributed by atoms with Crippen molar-refractivity contribution in [3.8, 4) is 0 Å². The van der Waals surface area contributed by atoms with E-state index in [4.69, 9.17) is 11.6 Å². The Balaban J connectivity index is 2.05. The van der Waals surface area contributed by atoms with E-state index in [9.17, 15) is 12.8 Å². The molecule has 0 spiro atoms. The smallest absolute Gasteiger partial charge is 0.246 e. The number of aryl methyl sites for hydroxylation is 1. The van der Waals surface area contributed by atoms with Crippen molar-refractivity contribution >= 4 is 21.6 Å². The predicted molar refractivity (Wildman–Crippen MR) is 103 cm³/mol. The van der Waals surface area contributed by atoms with Crippen LogP contribution in [0.4, 0.5) is 4.39 Å². The van der Waals surface area contributed by atoms with E-state index in [1.165, 1.54) is 22.5 Å². The highest BCUT2D eigenvalue weighted by atomic mass is 35.5. The van der Waals surface area contributed by atoms with Gasteiger partial charge in [0.15, 0.2) is 5.82 Å². The van der Waals surface area contributed by atoms with E-state index >= 15 is 0 Å². The van der Waals surface area contributed by atoms with Gasteiger partial charge in [0.25, 0.3) is 0 Å². The standard InChI is InChI=1S/C20H18ClFN2O2S/c1-15-6-2-3-8-17(15)14-24(13-16-7-5-11-23-12-16)27(25,26)19-10-4-9-18(21)20(19)22/h2-12H,13-14H2,1H3. The Morgan fingerprint density at radius 2 is 1.81 bits per heavy atom. The highest BCUT2D eigenvalue weighted by molar-refractivity contribution is 7.89. The van der Waals surface area contributed by atoms with Gasteiger partial charge in [-0.15, -0.1) is 0 Å². The minimum absolute atomic E-state index is 0.0659. The van der Waals surface area contributed by atoms with Crippen LogP contribution in [0.3, 0.4) is 0 Å². The van der Waals surface area contributed by atoms with Crippen molar-refractivity contribution < 1.29 is 12.8 Å². The second kappa shape index (κ2) is 8.17. The fraction of sp³-hybridized carbons (Fsp3) is 0.150. The molecule has 0 aliphatic rings. The Kier molecular flexibility index (Phi) is 5.89. The molecule has 0 amide bonds. The second-order valence-corrected chi connectivity index (χ2v) is 8.43. The highest BCUT2D eigenvalue weighted by Crippen LogP contribution is 2.27. The van der Waals surface area contributed by atoms with Crippen LogP contribution in [0.25, 0.3) is 0 Å². The molecule has 4 nitrogen and oxygen atoms in total. The summed E-state index contributed by atoms with van der Waals surface area (Å²) in [5, 5.41) is -0.228. The van der Waals surface area contributed by atoms with Crippen LogP contribution in [-0.2, 0) is 23.1 Å². The lowest BCUT2D eigenvalue weighted by Crippen LogP contribution is -2.31. The maximum Gasteiger partial charge on any atom is 0.246 e. The normalized spacial score (nSPS) is 11.7. The summed E-state index contributed by atoms with van der Waals surface area (Å²) in [4.78, 5) is 3.59. The molecule has 0 aliphatic heterocycles. The van der Waals surface area contributed by atoms with E-state index in [0.717, 1.165) is 11.1 Å². The summed E-state index contributed by atoms with van der Waals surface area (Å²) in [5.74, 6) is -0.944. The zero-order valence-corrected chi connectivity index (χ0v) is 16.2. The van der Waals surface area contributed by atoms with E-state index in [1.807, 2.05) is 31.2 Å². The number of hydrogen-bond acceptors (Lipinski definition) is 3. The van der Waals surface area contributed by atoms with Gasteiger partial charge in [-0.25, -0.2) is 12.8 Å². The Morgan fingerprint density at radius 3 is 2.52 bits per heavy atom. The molecule has 3 rings (SSSR count). The molecule has 0 saturated heterocycles. The van der Waals surface area contributed by atoms with Crippen molar-refractivity contribution in [1.82, 2.24) is 9.29 Å². The first-order chi connectivity index (χ1) is 12.9. The molecule has 0 aliphatic carbocycles. The Morgan fingerprint density at radius 1 is 1.04 bits per heavy atom. The van der Waals surface area contributed by atoms with Crippen molar-refractivity contribution in [1.29, 1.82) is 0 Å². The lowest BCUT2D eigenvalue weighted by atomic mass is 10.1. The Bertz CT molecular complexity index is 1040. The Labute approximate surface area is 163 Å². The summed E-state index contributed by atoms with van der Waals surface area (Å²) in [6.45, 7) is 2.08. The number of sulfonamides is 1. The molecule has 0 N–H and O–H groups in total. The summed E-state index contributed by atoms with van der Waals surface area (Å²) in [5.41, 5.74) is 2.50. The number of rotatable bonds is 6. The first-order valence-corrected chi connectivity index (χ1v) is 10.1. The van der Waals surface area contributed by atoms with Gasteiger partial charge >= 0.3 is 0 Å². The van der Waals surface area contributed by atoms with Gasteiger partial charge in [0.05, 0.1) is 5.02 Å². The summed E-state index contributed by atoms with van der Waals surface area (Å²) >= 11 is 5.80. The van der Waals surface area contributed by atoms with E-state index < -0.39 is 20.7 Å². The zero-order valence-electron chi connectivity index (χ0n) is 14.6.